The molecule has 4 aromatic carbocycles. The average Bonchev–Trinajstić information content (AvgIpc) is 3.21. The van der Waals surface area contributed by atoms with Crippen molar-refractivity contribution in [3.63, 3.8) is 0 Å². The van der Waals surface area contributed by atoms with Gasteiger partial charge in [0.05, 0.1) is 30.7 Å². The molecule has 0 saturated heterocycles. The van der Waals surface area contributed by atoms with Crippen LogP contribution in [-0.2, 0) is 63.3 Å². The van der Waals surface area contributed by atoms with Gasteiger partial charge in [-0.25, -0.2) is 0 Å². The molecular weight excluding hydrogens is 953 g/mol. The fourth-order valence-electron chi connectivity index (χ4n) is 4.79. The van der Waals surface area contributed by atoms with Crippen molar-refractivity contribution in [1.82, 2.24) is 9.97 Å². The van der Waals surface area contributed by atoms with Crippen LogP contribution < -0.4 is 15.3 Å². The molecule has 0 N–H and O–H groups in total. The topological polar surface area (TPSA) is 249 Å². The fourth-order valence-corrected chi connectivity index (χ4v) is 4.79. The number of pyridine rings is 2. The minimum atomic E-state index is -1.80. The maximum Gasteiger partial charge on any atom is 3.00 e. The van der Waals surface area contributed by atoms with Crippen LogP contribution in [0.1, 0.15) is 40.0 Å². The number of carbonyl (C=O) groups is 9. The molecule has 15 heteroatoms. The number of carboxylic acids is 3. The van der Waals surface area contributed by atoms with Gasteiger partial charge in [-0.2, -0.15) is 0 Å². The van der Waals surface area contributed by atoms with Crippen LogP contribution >= 0.6 is 0 Å². The van der Waals surface area contributed by atoms with Crippen molar-refractivity contribution in [1.29, 1.82) is 0 Å². The van der Waals surface area contributed by atoms with E-state index in [4.69, 9.17) is 0 Å². The van der Waals surface area contributed by atoms with Gasteiger partial charge >= 0.3 is 20.1 Å². The first-order valence-electron chi connectivity index (χ1n) is 17.5. The number of aliphatic carboxylic acids is 3. The summed E-state index contributed by atoms with van der Waals surface area (Å²) < 4.78 is 0. The third-order valence-electron chi connectivity index (χ3n) is 7.35. The molecule has 2 heterocycles. The molecule has 0 amide bonds. The largest absolute Gasteiger partial charge is 3.00 e. The van der Waals surface area contributed by atoms with E-state index in [1.54, 1.807) is 0 Å². The van der Waals surface area contributed by atoms with Crippen LogP contribution in [0.5, 0.6) is 0 Å². The zero-order valence-electron chi connectivity index (χ0n) is 32.4. The number of Topliss-reactive ketones (excluding diaryl/α,β-unsaturated/α-hetero) is 6. The zero-order chi connectivity index (χ0) is 43.9. The Hall–Kier alpha value is -7.22. The summed E-state index contributed by atoms with van der Waals surface area (Å²) in [6, 6.07) is 41.3. The number of rotatable bonds is 11. The minimum Gasteiger partial charge on any atom is -0.542 e. The first-order valence-corrected chi connectivity index (χ1v) is 17.5. The maximum absolute atomic E-state index is 10.1. The van der Waals surface area contributed by atoms with E-state index in [1.165, 1.54) is 32.7 Å². The van der Waals surface area contributed by atoms with Crippen LogP contribution in [-0.4, -0.2) is 62.6 Å². The quantitative estimate of drug-likeness (QED) is 0.134. The van der Waals surface area contributed by atoms with Gasteiger partial charge in [0.1, 0.15) is 35.3 Å². The Kier molecular flexibility index (Phi) is 22.6. The molecule has 0 aliphatic carbocycles. The van der Waals surface area contributed by atoms with E-state index in [9.17, 15) is 58.5 Å². The Morgan fingerprint density at radius 1 is 0.400 bits per heavy atom. The number of hydrogen-bond acceptors (Lipinski definition) is 14. The van der Waals surface area contributed by atoms with Gasteiger partial charge in [-0.3, -0.25) is 38.7 Å². The van der Waals surface area contributed by atoms with Gasteiger partial charge in [-0.15, -0.1) is 0 Å². The van der Waals surface area contributed by atoms with Crippen molar-refractivity contribution in [2.24, 2.45) is 0 Å². The van der Waals surface area contributed by atoms with Crippen molar-refractivity contribution in [2.45, 2.75) is 40.0 Å². The summed E-state index contributed by atoms with van der Waals surface area (Å²) in [5, 5.41) is 33.7. The standard InChI is InChI=1S/2C15H11N.3C5H6O4.Ir/c2*1-2-7-13(8-3-1)15-14-9-5-4-6-12(14)10-11-16-15;3*1-3(6)2-4(7)5(8)9;/h2*1-11H;3*2H2,1H3,(H,8,9);/q;;;;;+3/p-3. The first-order chi connectivity index (χ1) is 28.0. The van der Waals surface area contributed by atoms with Crippen molar-refractivity contribution in [2.75, 3.05) is 0 Å². The molecule has 6 aromatic rings. The number of benzene rings is 4. The molecule has 308 valence electrons. The number of carbonyl (C=O) groups excluding carboxylic acids is 9. The predicted molar refractivity (Wildman–Crippen MR) is 210 cm³/mol. The molecule has 0 spiro atoms. The second kappa shape index (κ2) is 26.7. The van der Waals surface area contributed by atoms with Gasteiger partial charge in [0.2, 0.25) is 0 Å². The van der Waals surface area contributed by atoms with Crippen LogP contribution in [0.15, 0.2) is 134 Å². The van der Waals surface area contributed by atoms with Crippen molar-refractivity contribution >= 4 is 74.2 Å². The molecule has 0 unspecified atom stereocenters. The van der Waals surface area contributed by atoms with Gasteiger partial charge in [0, 0.05) is 34.3 Å². The smallest absolute Gasteiger partial charge is 0.542 e. The molecule has 6 rings (SSSR count). The molecular formula is C45H37IrN2O12. The number of carboxylic acid groups (broad SMARTS) is 3. The monoisotopic (exact) mass is 990 g/mol. The summed E-state index contributed by atoms with van der Waals surface area (Å²) >= 11 is 0. The maximum atomic E-state index is 10.1. The SMILES string of the molecule is CC(=O)CC(=O)C(=O)[O-].CC(=O)CC(=O)C(=O)[O-].CC(=O)CC(=O)C(=O)[O-].[Ir+3].c1ccc(-c2nccc3ccccc23)cc1.c1ccc(-c2nccc3ccccc23)cc1. The minimum absolute atomic E-state index is 0. The Morgan fingerprint density at radius 3 is 0.917 bits per heavy atom. The van der Waals surface area contributed by atoms with Crippen molar-refractivity contribution in [3.8, 4) is 22.5 Å². The van der Waals surface area contributed by atoms with Crippen LogP contribution in [0.2, 0.25) is 0 Å². The molecule has 0 aliphatic rings. The Balaban J connectivity index is 0.000000387. The number of hydrogen-bond donors (Lipinski definition) is 0. The average molecular weight is 990 g/mol. The summed E-state index contributed by atoms with van der Waals surface area (Å²) in [7, 11) is 0. The molecule has 0 fully saturated rings. The molecule has 14 nitrogen and oxygen atoms in total. The summed E-state index contributed by atoms with van der Waals surface area (Å²) in [5.74, 6) is -10.3. The van der Waals surface area contributed by atoms with Crippen LogP contribution in [0.25, 0.3) is 44.1 Å². The number of ketones is 6. The van der Waals surface area contributed by atoms with E-state index >= 15 is 0 Å². The number of nitrogens with zero attached hydrogens (tertiary/aromatic N) is 2. The van der Waals surface area contributed by atoms with E-state index < -0.39 is 71.9 Å². The van der Waals surface area contributed by atoms with Crippen LogP contribution in [0.3, 0.4) is 0 Å². The van der Waals surface area contributed by atoms with E-state index in [-0.39, 0.29) is 20.1 Å². The zero-order valence-corrected chi connectivity index (χ0v) is 34.8. The van der Waals surface area contributed by atoms with E-state index in [2.05, 4.69) is 82.8 Å². The van der Waals surface area contributed by atoms with Gasteiger partial charge in [-0.1, -0.05) is 109 Å². The van der Waals surface area contributed by atoms with E-state index in [1.807, 2.05) is 60.9 Å². The molecule has 0 saturated carbocycles. The van der Waals surface area contributed by atoms with Crippen molar-refractivity contribution in [3.05, 3.63) is 134 Å². The predicted octanol–water partition coefficient (Wildman–Crippen LogP) is 2.65. The van der Waals surface area contributed by atoms with Crippen LogP contribution in [0, 0.1) is 0 Å². The van der Waals surface area contributed by atoms with E-state index in [0.29, 0.717) is 0 Å². The van der Waals surface area contributed by atoms with Gasteiger partial charge in [0.15, 0.2) is 17.3 Å². The molecule has 0 aliphatic heterocycles. The second-order valence-corrected chi connectivity index (χ2v) is 12.3. The third kappa shape index (κ3) is 18.4. The van der Waals surface area contributed by atoms with E-state index in [0.717, 1.165) is 32.2 Å². The third-order valence-corrected chi connectivity index (χ3v) is 7.35. The summed E-state index contributed by atoms with van der Waals surface area (Å²) in [6.07, 6.45) is 2.03. The number of aromatic nitrogens is 2. The molecule has 0 bridgehead atoms. The summed E-state index contributed by atoms with van der Waals surface area (Å²) in [6.45, 7) is 3.42. The Morgan fingerprint density at radius 2 is 0.667 bits per heavy atom. The van der Waals surface area contributed by atoms with Gasteiger partial charge in [-0.05, 0) is 43.7 Å². The van der Waals surface area contributed by atoms with Gasteiger partial charge in [0.25, 0.3) is 0 Å². The van der Waals surface area contributed by atoms with Gasteiger partial charge < -0.3 is 29.7 Å². The Bertz CT molecular complexity index is 2240. The first kappa shape index (κ1) is 50.8. The summed E-state index contributed by atoms with van der Waals surface area (Å²) in [4.78, 5) is 98.2. The molecule has 0 radical (unpaired) electrons. The summed E-state index contributed by atoms with van der Waals surface area (Å²) in [5.41, 5.74) is 4.44. The number of fused-ring (bicyclic) bond motifs is 2. The molecule has 2 aromatic heterocycles. The van der Waals surface area contributed by atoms with Crippen molar-refractivity contribution < 1.29 is 78.6 Å². The molecule has 0 atom stereocenters. The molecule has 60 heavy (non-hydrogen) atoms. The van der Waals surface area contributed by atoms with Crippen LogP contribution in [0.4, 0.5) is 0 Å². The fraction of sp³-hybridized carbons (Fsp3) is 0.133. The second-order valence-electron chi connectivity index (χ2n) is 12.3. The Labute approximate surface area is 357 Å². The normalized spacial score (nSPS) is 9.45.